The van der Waals surface area contributed by atoms with Crippen molar-refractivity contribution >= 4 is 58.3 Å². The van der Waals surface area contributed by atoms with Gasteiger partial charge in [-0.25, -0.2) is 23.8 Å². The number of benzene rings is 2. The first-order valence-corrected chi connectivity index (χ1v) is 35.6. The van der Waals surface area contributed by atoms with Gasteiger partial charge in [-0.3, -0.25) is 34.4 Å². The van der Waals surface area contributed by atoms with E-state index in [9.17, 15) is 79.2 Å². The number of hydroxylamine groups is 2. The number of anilines is 1. The molecule has 7 rings (SSSR count). The molecule has 0 radical (unpaired) electrons. The highest BCUT2D eigenvalue weighted by atomic mass is 19.1. The second kappa shape index (κ2) is 42.2. The molecular formula is C70H102FN11O26. The number of esters is 1. The molecule has 1 aliphatic carbocycles. The molecular weight excluding hydrogens is 1430 g/mol. The van der Waals surface area contributed by atoms with Crippen molar-refractivity contribution in [1.29, 1.82) is 0 Å². The number of aliphatic hydroxyl groups excluding tert-OH is 7. The van der Waals surface area contributed by atoms with Gasteiger partial charge in [-0.2, -0.15) is 0 Å². The van der Waals surface area contributed by atoms with Gasteiger partial charge in [0.2, 0.25) is 17.7 Å². The van der Waals surface area contributed by atoms with E-state index in [1.807, 2.05) is 0 Å². The number of cyclic esters (lactones) is 1. The molecule has 600 valence electrons. The van der Waals surface area contributed by atoms with E-state index in [-0.39, 0.29) is 148 Å². The lowest BCUT2D eigenvalue weighted by Gasteiger charge is -2.31. The van der Waals surface area contributed by atoms with Crippen LogP contribution in [0.25, 0.3) is 22.3 Å². The molecule has 0 saturated heterocycles. The molecule has 7 unspecified atom stereocenters. The van der Waals surface area contributed by atoms with Crippen LogP contribution in [0.5, 0.6) is 0 Å². The number of aliphatic hydroxyl groups is 8. The lowest BCUT2D eigenvalue weighted by Crippen LogP contribution is -2.56. The van der Waals surface area contributed by atoms with E-state index in [1.165, 1.54) is 10.6 Å². The summed E-state index contributed by atoms with van der Waals surface area (Å²) in [5.41, 5.74) is 13.3. The Morgan fingerprint density at radius 1 is 0.713 bits per heavy atom. The van der Waals surface area contributed by atoms with Gasteiger partial charge in [0.15, 0.2) is 11.7 Å². The molecule has 12 atom stereocenters. The summed E-state index contributed by atoms with van der Waals surface area (Å²) >= 11 is 0. The van der Waals surface area contributed by atoms with E-state index >= 15 is 4.39 Å². The highest BCUT2D eigenvalue weighted by Crippen LogP contribution is 2.46. The lowest BCUT2D eigenvalue weighted by molar-refractivity contribution is -0.316. The number of nitrogens with one attached hydrogen (secondary N) is 6. The number of alkyl carbamates (subject to hydrolysis) is 1. The number of rotatable bonds is 47. The first-order valence-electron chi connectivity index (χ1n) is 35.6. The minimum Gasteiger partial charge on any atom is -0.458 e. The summed E-state index contributed by atoms with van der Waals surface area (Å²) in [6.07, 6.45) is -7.60. The highest BCUT2D eigenvalue weighted by Gasteiger charge is 2.46. The Kier molecular flexibility index (Phi) is 34.0. The van der Waals surface area contributed by atoms with Crippen LogP contribution in [0.4, 0.5) is 19.7 Å². The van der Waals surface area contributed by atoms with Crippen molar-refractivity contribution in [2.45, 2.75) is 171 Å². The zero-order chi connectivity index (χ0) is 78.9. The Bertz CT molecular complexity index is 3750. The molecule has 20 N–H and O–H groups in total. The smallest absolute Gasteiger partial charge is 0.407 e. The van der Waals surface area contributed by atoms with Crippen LogP contribution in [-0.4, -0.2) is 268 Å². The summed E-state index contributed by atoms with van der Waals surface area (Å²) in [6, 6.07) is 4.26. The maximum Gasteiger partial charge on any atom is 0.407 e. The molecule has 37 nitrogen and oxygen atoms in total. The molecule has 0 saturated carbocycles. The number of aryl methyl sites for hydroxylation is 1. The predicted molar refractivity (Wildman–Crippen MR) is 376 cm³/mol. The number of carbonyl (C=O) groups is 7. The molecule has 0 spiro atoms. The molecule has 2 aromatic heterocycles. The number of hydrogen-bond donors (Lipinski definition) is 18. The van der Waals surface area contributed by atoms with Crippen LogP contribution in [0.15, 0.2) is 41.2 Å². The van der Waals surface area contributed by atoms with Gasteiger partial charge in [-0.15, -0.1) is 0 Å². The van der Waals surface area contributed by atoms with Crippen molar-refractivity contribution < 1.29 is 127 Å². The molecule has 0 fully saturated rings. The molecule has 7 amide bonds. The van der Waals surface area contributed by atoms with Gasteiger partial charge in [0, 0.05) is 41.4 Å². The third-order valence-corrected chi connectivity index (χ3v) is 18.1. The highest BCUT2D eigenvalue weighted by molar-refractivity contribution is 5.99. The molecule has 2 aliphatic heterocycles. The third kappa shape index (κ3) is 25.2. The van der Waals surface area contributed by atoms with Crippen LogP contribution in [0.2, 0.25) is 0 Å². The number of halogens is 1. The van der Waals surface area contributed by atoms with Gasteiger partial charge in [-0.1, -0.05) is 38.1 Å². The van der Waals surface area contributed by atoms with Gasteiger partial charge >= 0.3 is 18.1 Å². The number of urea groups is 1. The first-order chi connectivity index (χ1) is 51.4. The van der Waals surface area contributed by atoms with Crippen molar-refractivity contribution in [3.63, 3.8) is 0 Å². The number of primary amides is 1. The zero-order valence-electron chi connectivity index (χ0n) is 60.7. The van der Waals surface area contributed by atoms with Crippen LogP contribution in [0.3, 0.4) is 0 Å². The third-order valence-electron chi connectivity index (χ3n) is 18.1. The normalized spacial score (nSPS) is 17.9. The van der Waals surface area contributed by atoms with Crippen molar-refractivity contribution in [1.82, 2.24) is 41.4 Å². The summed E-state index contributed by atoms with van der Waals surface area (Å²) in [6.45, 7) is 2.53. The number of ether oxygens (including phenoxy) is 8. The number of amides is 7. The fourth-order valence-electron chi connectivity index (χ4n) is 12.3. The number of fused-ring (bicyclic) bond motifs is 5. The fraction of sp³-hybridized carbons (Fsp3) is 0.614. The average molecular weight is 1530 g/mol. The van der Waals surface area contributed by atoms with E-state index in [2.05, 4.69) is 31.9 Å². The van der Waals surface area contributed by atoms with E-state index in [0.29, 0.717) is 81.5 Å². The van der Waals surface area contributed by atoms with Crippen LogP contribution in [0, 0.1) is 18.7 Å². The number of nitrogens with two attached hydrogens (primary N) is 2. The Hall–Kier alpha value is -8.10. The Morgan fingerprint density at radius 3 is 1.83 bits per heavy atom. The van der Waals surface area contributed by atoms with E-state index in [0.717, 1.165) is 0 Å². The number of nitrogens with zero attached hydrogens (tertiary/aromatic N) is 3. The number of unbranched alkanes of at least 4 members (excludes halogenated alkanes) is 1. The summed E-state index contributed by atoms with van der Waals surface area (Å²) in [5, 5.41) is 115. The first kappa shape index (κ1) is 87.1. The molecule has 2 aromatic carbocycles. The number of aromatic nitrogens is 2. The monoisotopic (exact) mass is 1530 g/mol. The summed E-state index contributed by atoms with van der Waals surface area (Å²) in [4.78, 5) is 111. The predicted octanol–water partition coefficient (Wildman–Crippen LogP) is -2.23. The molecule has 3 aliphatic rings. The summed E-state index contributed by atoms with van der Waals surface area (Å²) < 4.78 is 59.2. The van der Waals surface area contributed by atoms with E-state index in [1.54, 1.807) is 58.0 Å². The van der Waals surface area contributed by atoms with E-state index in [4.69, 9.17) is 64.8 Å². The maximum atomic E-state index is 15.5. The summed E-state index contributed by atoms with van der Waals surface area (Å²) in [7, 11) is 0. The summed E-state index contributed by atoms with van der Waals surface area (Å²) in [5.74, 6) is -4.64. The van der Waals surface area contributed by atoms with Gasteiger partial charge in [0.25, 0.3) is 11.5 Å². The van der Waals surface area contributed by atoms with Gasteiger partial charge in [0.1, 0.15) is 61.6 Å². The topological polar surface area (TPSA) is 558 Å². The Morgan fingerprint density at radius 2 is 1.28 bits per heavy atom. The van der Waals surface area contributed by atoms with Gasteiger partial charge in [0.05, 0.1) is 133 Å². The van der Waals surface area contributed by atoms with Crippen LogP contribution in [-0.2, 0) is 93.6 Å². The fourth-order valence-corrected chi connectivity index (χ4v) is 12.3. The van der Waals surface area contributed by atoms with Crippen molar-refractivity contribution in [3.8, 4) is 11.4 Å². The van der Waals surface area contributed by atoms with E-state index < -0.39 is 145 Å². The molecule has 38 heteroatoms. The van der Waals surface area contributed by atoms with Crippen LogP contribution >= 0.6 is 0 Å². The maximum absolute atomic E-state index is 15.5. The number of pyridine rings is 2. The number of carbonyl (C=O) groups excluding carboxylic acids is 7. The SMILES string of the molecule is CC[C@@]1(O)C(=O)OCc2c1cc1n(c2=O)Cc2c-1nc1cc(F)c(C)c3c1c2[C@@H](NC(=O)OCc1ccc(NC(=O)[C@H](CCCNC(N)=O)NC(=O)[C@@H](NC(=O)[C@@H](N)CCCCNC(=O)C(O)COCC(O)COCC(O)COCC(O)COCC(O)COCC(O)COCC(O)CN(O)O)C(C)C)cc1)CC3. The molecule has 4 aromatic rings. The van der Waals surface area contributed by atoms with Gasteiger partial charge < -0.3 is 127 Å². The van der Waals surface area contributed by atoms with Gasteiger partial charge in [-0.05, 0) is 105 Å². The largest absolute Gasteiger partial charge is 0.458 e. The Labute approximate surface area is 620 Å². The standard InChI is InChI=1S/C70H102FN11O26/c1-5-70(98)50-19-56-61-48(22-81(56)66(94)49(50)35-107-67(70)95)59-53(16-15-47-38(4)51(71)20-55(77-61)58(47)59)79-69(97)108-23-39-11-13-40(14-12-39)76-63(91)54(10-8-18-75-68(73)96)78-65(93)60(37(2)3)80-62(90)52(72)9-6-7-17-74-64(92)57(89)36-106-34-46(88)33-105-32-45(87)31-104-30-44(86)29-103-28-43(85)27-102-26-42(84)25-101-24-41(83)21-82(99)100/h11-14,19-20,37,41-46,52-54,57,60,83-89,98-100H,5-10,15-18,21-36,72H2,1-4H3,(H,74,92)(H,76,91)(H,78,93)(H,79,97)(H,80,90)(H3,73,75,96)/t41?,42?,43?,44?,45?,46?,52-,53-,54-,57?,60-,70-/m0/s1. The minimum absolute atomic E-state index is 0.0194. The van der Waals surface area contributed by atoms with Crippen LogP contribution in [0.1, 0.15) is 111 Å². The Balaban J connectivity index is 0.779. The second-order valence-corrected chi connectivity index (χ2v) is 27.1. The molecule has 0 bridgehead atoms. The number of hydrogen-bond acceptors (Lipinski definition) is 29. The second-order valence-electron chi connectivity index (χ2n) is 27.1. The van der Waals surface area contributed by atoms with Crippen molar-refractivity contribution in [3.05, 3.63) is 91.5 Å². The molecule has 4 heterocycles. The quantitative estimate of drug-likeness (QED) is 0.0111. The average Bonchev–Trinajstić information content (AvgIpc) is 1.50. The lowest BCUT2D eigenvalue weighted by atomic mass is 9.81. The zero-order valence-corrected chi connectivity index (χ0v) is 60.7. The molecule has 108 heavy (non-hydrogen) atoms. The van der Waals surface area contributed by atoms with Crippen molar-refractivity contribution in [2.24, 2.45) is 17.4 Å². The minimum atomic E-state index is -2.07. The van der Waals surface area contributed by atoms with Crippen LogP contribution < -0.4 is 48.9 Å². The van der Waals surface area contributed by atoms with Crippen molar-refractivity contribution in [2.75, 3.05) is 104 Å².